The first-order chi connectivity index (χ1) is 10.8. The Balaban J connectivity index is 1.90. The minimum absolute atomic E-state index is 0.0994. The molecule has 0 spiro atoms. The van der Waals surface area contributed by atoms with Crippen LogP contribution in [0.15, 0.2) is 54.6 Å². The summed E-state index contributed by atoms with van der Waals surface area (Å²) in [4.78, 5) is 0. The summed E-state index contributed by atoms with van der Waals surface area (Å²) < 4.78 is 22.6. The second-order valence-electron chi connectivity index (χ2n) is 6.26. The third-order valence-corrected chi connectivity index (χ3v) is 5.01. The van der Waals surface area contributed by atoms with Gasteiger partial charge in [0.2, 0.25) is 0 Å². The molecule has 2 atom stereocenters. The first-order valence-corrected chi connectivity index (χ1v) is 9.95. The van der Waals surface area contributed by atoms with E-state index in [4.69, 9.17) is 0 Å². The highest BCUT2D eigenvalue weighted by atomic mass is 32.2. The summed E-state index contributed by atoms with van der Waals surface area (Å²) in [6, 6.07) is 18.6. The third kappa shape index (κ3) is 5.81. The average molecular weight is 331 g/mol. The molecule has 1 N–H and O–H groups in total. The zero-order valence-corrected chi connectivity index (χ0v) is 14.8. The summed E-state index contributed by atoms with van der Waals surface area (Å²) in [5, 5.41) is 3.55. The van der Waals surface area contributed by atoms with Crippen molar-refractivity contribution in [2.24, 2.45) is 0 Å². The van der Waals surface area contributed by atoms with Crippen molar-refractivity contribution in [1.82, 2.24) is 5.32 Å². The molecule has 2 rings (SSSR count). The summed E-state index contributed by atoms with van der Waals surface area (Å²) in [6.07, 6.45) is 1.26. The standard InChI is InChI=1S/C19H25NO2S/c1-15(19-7-5-4-6-8-19)16(2)20-13-17-9-11-18(12-10-17)14-23(3,21)22/h4-12,15-16,20H,13-14H2,1-3H3/t15-,16+/m0/s1. The van der Waals surface area contributed by atoms with Gasteiger partial charge < -0.3 is 5.32 Å². The van der Waals surface area contributed by atoms with E-state index in [0.29, 0.717) is 12.0 Å². The molecule has 4 heteroatoms. The molecule has 0 aromatic heterocycles. The van der Waals surface area contributed by atoms with Gasteiger partial charge in [0.25, 0.3) is 0 Å². The Kier molecular flexibility index (Phi) is 5.97. The molecule has 0 aliphatic carbocycles. The van der Waals surface area contributed by atoms with Crippen LogP contribution in [-0.4, -0.2) is 20.7 Å². The van der Waals surface area contributed by atoms with E-state index in [1.54, 1.807) is 0 Å². The molecule has 0 aliphatic rings. The largest absolute Gasteiger partial charge is 0.310 e. The van der Waals surface area contributed by atoms with Gasteiger partial charge in [-0.15, -0.1) is 0 Å². The van der Waals surface area contributed by atoms with Crippen LogP contribution < -0.4 is 5.32 Å². The zero-order valence-electron chi connectivity index (χ0n) is 14.0. The van der Waals surface area contributed by atoms with Gasteiger partial charge >= 0.3 is 0 Å². The van der Waals surface area contributed by atoms with Crippen LogP contribution in [0.5, 0.6) is 0 Å². The van der Waals surface area contributed by atoms with Crippen molar-refractivity contribution in [3.05, 3.63) is 71.3 Å². The number of rotatable bonds is 7. The molecule has 0 unspecified atom stereocenters. The minimum Gasteiger partial charge on any atom is -0.310 e. The fourth-order valence-corrected chi connectivity index (χ4v) is 3.35. The smallest absolute Gasteiger partial charge is 0.151 e. The van der Waals surface area contributed by atoms with E-state index in [1.165, 1.54) is 11.8 Å². The lowest BCUT2D eigenvalue weighted by molar-refractivity contribution is 0.480. The van der Waals surface area contributed by atoms with Crippen molar-refractivity contribution in [1.29, 1.82) is 0 Å². The quantitative estimate of drug-likeness (QED) is 0.844. The van der Waals surface area contributed by atoms with Gasteiger partial charge in [-0.05, 0) is 29.5 Å². The molecule has 0 radical (unpaired) electrons. The molecule has 124 valence electrons. The van der Waals surface area contributed by atoms with E-state index in [9.17, 15) is 8.42 Å². The summed E-state index contributed by atoms with van der Waals surface area (Å²) >= 11 is 0. The second-order valence-corrected chi connectivity index (χ2v) is 8.40. The highest BCUT2D eigenvalue weighted by Gasteiger charge is 2.13. The van der Waals surface area contributed by atoms with Crippen LogP contribution in [-0.2, 0) is 22.1 Å². The van der Waals surface area contributed by atoms with Gasteiger partial charge in [-0.1, -0.05) is 61.5 Å². The van der Waals surface area contributed by atoms with Gasteiger partial charge in [0.05, 0.1) is 5.75 Å². The lowest BCUT2D eigenvalue weighted by atomic mass is 9.94. The molecular formula is C19H25NO2S. The van der Waals surface area contributed by atoms with Crippen LogP contribution in [0.25, 0.3) is 0 Å². The highest BCUT2D eigenvalue weighted by Crippen LogP contribution is 2.19. The summed E-state index contributed by atoms with van der Waals surface area (Å²) in [6.45, 7) is 5.19. The molecule has 0 saturated carbocycles. The third-order valence-electron chi connectivity index (χ3n) is 4.16. The van der Waals surface area contributed by atoms with Crippen molar-refractivity contribution in [3.63, 3.8) is 0 Å². The molecule has 0 amide bonds. The number of benzene rings is 2. The van der Waals surface area contributed by atoms with Crippen LogP contribution in [0.3, 0.4) is 0 Å². The monoisotopic (exact) mass is 331 g/mol. The van der Waals surface area contributed by atoms with E-state index < -0.39 is 9.84 Å². The Morgan fingerprint density at radius 3 is 2.04 bits per heavy atom. The molecule has 0 fully saturated rings. The van der Waals surface area contributed by atoms with E-state index in [1.807, 2.05) is 30.3 Å². The fourth-order valence-electron chi connectivity index (χ4n) is 2.56. The van der Waals surface area contributed by atoms with Crippen molar-refractivity contribution in [2.45, 2.75) is 38.1 Å². The molecule has 3 nitrogen and oxygen atoms in total. The van der Waals surface area contributed by atoms with E-state index >= 15 is 0 Å². The molecular weight excluding hydrogens is 306 g/mol. The second kappa shape index (κ2) is 7.75. The van der Waals surface area contributed by atoms with Gasteiger partial charge in [0.1, 0.15) is 0 Å². The predicted octanol–water partition coefficient (Wildman–Crippen LogP) is 3.51. The van der Waals surface area contributed by atoms with Crippen molar-refractivity contribution in [2.75, 3.05) is 6.26 Å². The minimum atomic E-state index is -2.97. The Labute approximate surface area is 139 Å². The Morgan fingerprint density at radius 2 is 1.48 bits per heavy atom. The SMILES string of the molecule is C[C@H](c1ccccc1)[C@@H](C)NCc1ccc(CS(C)(=O)=O)cc1. The maximum Gasteiger partial charge on any atom is 0.151 e. The van der Waals surface area contributed by atoms with Crippen molar-refractivity contribution < 1.29 is 8.42 Å². The summed E-state index contributed by atoms with van der Waals surface area (Å²) in [7, 11) is -2.97. The maximum atomic E-state index is 11.3. The number of nitrogens with one attached hydrogen (secondary N) is 1. The topological polar surface area (TPSA) is 46.2 Å². The van der Waals surface area contributed by atoms with Gasteiger partial charge in [0.15, 0.2) is 9.84 Å². The van der Waals surface area contributed by atoms with E-state index in [0.717, 1.165) is 17.7 Å². The Morgan fingerprint density at radius 1 is 0.913 bits per heavy atom. The van der Waals surface area contributed by atoms with E-state index in [-0.39, 0.29) is 5.75 Å². The van der Waals surface area contributed by atoms with Crippen molar-refractivity contribution >= 4 is 9.84 Å². The van der Waals surface area contributed by atoms with Crippen LogP contribution in [0.2, 0.25) is 0 Å². The Hall–Kier alpha value is -1.65. The summed E-state index contributed by atoms with van der Waals surface area (Å²) in [5.41, 5.74) is 3.33. The van der Waals surface area contributed by atoms with Gasteiger partial charge in [-0.25, -0.2) is 8.42 Å². The first-order valence-electron chi connectivity index (χ1n) is 7.89. The number of sulfone groups is 1. The van der Waals surface area contributed by atoms with E-state index in [2.05, 4.69) is 43.4 Å². The highest BCUT2D eigenvalue weighted by molar-refractivity contribution is 7.89. The molecule has 0 bridgehead atoms. The lowest BCUT2D eigenvalue weighted by Gasteiger charge is -2.22. The average Bonchev–Trinajstić information content (AvgIpc) is 2.52. The molecule has 0 aliphatic heterocycles. The van der Waals surface area contributed by atoms with Crippen LogP contribution >= 0.6 is 0 Å². The van der Waals surface area contributed by atoms with Gasteiger partial charge in [-0.3, -0.25) is 0 Å². The van der Waals surface area contributed by atoms with Crippen LogP contribution in [0.1, 0.15) is 36.5 Å². The predicted molar refractivity (Wildman–Crippen MR) is 96.1 cm³/mol. The molecule has 0 saturated heterocycles. The molecule has 0 heterocycles. The first kappa shape index (κ1) is 17.7. The zero-order chi connectivity index (χ0) is 16.9. The molecule has 2 aromatic carbocycles. The number of hydrogen-bond donors (Lipinski definition) is 1. The summed E-state index contributed by atoms with van der Waals surface area (Å²) in [5.74, 6) is 0.531. The van der Waals surface area contributed by atoms with Crippen LogP contribution in [0, 0.1) is 0 Å². The molecule has 23 heavy (non-hydrogen) atoms. The van der Waals surface area contributed by atoms with Gasteiger partial charge in [-0.2, -0.15) is 0 Å². The van der Waals surface area contributed by atoms with Gasteiger partial charge in [0, 0.05) is 18.8 Å². The Bertz CT molecular complexity index is 709. The van der Waals surface area contributed by atoms with Crippen molar-refractivity contribution in [3.8, 4) is 0 Å². The normalized spacial score (nSPS) is 14.4. The van der Waals surface area contributed by atoms with Crippen LogP contribution in [0.4, 0.5) is 0 Å². The lowest BCUT2D eigenvalue weighted by Crippen LogP contribution is -2.30. The fraction of sp³-hybridized carbons (Fsp3) is 0.368. The molecule has 2 aromatic rings. The number of hydrogen-bond acceptors (Lipinski definition) is 3. The maximum absolute atomic E-state index is 11.3.